The van der Waals surface area contributed by atoms with Gasteiger partial charge in [-0.15, -0.1) is 0 Å². The lowest BCUT2D eigenvalue weighted by molar-refractivity contribution is 0.0674. The van der Waals surface area contributed by atoms with Gasteiger partial charge in [-0.1, -0.05) is 11.6 Å². The summed E-state index contributed by atoms with van der Waals surface area (Å²) in [5, 5.41) is 3.91. The summed E-state index contributed by atoms with van der Waals surface area (Å²) in [7, 11) is 1.96. The van der Waals surface area contributed by atoms with Crippen LogP contribution in [0.4, 0.5) is 0 Å². The number of halogens is 1. The maximum absolute atomic E-state index is 12.5. The molecule has 0 bridgehead atoms. The molecule has 1 aromatic carbocycles. The molecule has 1 aliphatic rings. The number of piperidine rings is 1. The summed E-state index contributed by atoms with van der Waals surface area (Å²) >= 11 is 6.00. The first-order valence-electron chi connectivity index (χ1n) is 6.82. The summed E-state index contributed by atoms with van der Waals surface area (Å²) in [4.78, 5) is 14.4. The van der Waals surface area contributed by atoms with Gasteiger partial charge in [0.05, 0.1) is 0 Å². The van der Waals surface area contributed by atoms with Crippen LogP contribution in [0.25, 0.3) is 0 Å². The summed E-state index contributed by atoms with van der Waals surface area (Å²) < 4.78 is 0. The van der Waals surface area contributed by atoms with Gasteiger partial charge in [-0.25, -0.2) is 0 Å². The van der Waals surface area contributed by atoms with Crippen LogP contribution in [-0.4, -0.2) is 37.5 Å². The third-order valence-corrected chi connectivity index (χ3v) is 4.13. The Labute approximate surface area is 119 Å². The quantitative estimate of drug-likeness (QED) is 0.923. The van der Waals surface area contributed by atoms with Gasteiger partial charge in [0.15, 0.2) is 0 Å². The van der Waals surface area contributed by atoms with Gasteiger partial charge in [-0.05, 0) is 63.0 Å². The number of likely N-dealkylation sites (tertiary alicyclic amines) is 1. The number of aryl methyl sites for hydroxylation is 1. The summed E-state index contributed by atoms with van der Waals surface area (Å²) in [5.74, 6) is 0.691. The van der Waals surface area contributed by atoms with Gasteiger partial charge in [0.2, 0.25) is 0 Å². The molecule has 0 saturated carbocycles. The molecule has 1 saturated heterocycles. The van der Waals surface area contributed by atoms with Crippen molar-refractivity contribution in [1.82, 2.24) is 10.2 Å². The van der Waals surface area contributed by atoms with Gasteiger partial charge in [0.25, 0.3) is 5.91 Å². The molecule has 4 heteroatoms. The van der Waals surface area contributed by atoms with E-state index in [1.54, 1.807) is 6.07 Å². The van der Waals surface area contributed by atoms with Crippen molar-refractivity contribution >= 4 is 17.5 Å². The molecule has 0 spiro atoms. The Bertz CT molecular complexity index is 459. The zero-order chi connectivity index (χ0) is 13.8. The highest BCUT2D eigenvalue weighted by molar-refractivity contribution is 6.31. The molecule has 104 valence electrons. The number of nitrogens with one attached hydrogen (secondary N) is 1. The SMILES string of the molecule is CNCC1CCCN(C(=O)c2ccc(Cl)c(C)c2)C1. The second-order valence-corrected chi connectivity index (χ2v) is 5.69. The highest BCUT2D eigenvalue weighted by Crippen LogP contribution is 2.21. The Hall–Kier alpha value is -1.06. The minimum atomic E-state index is 0.126. The summed E-state index contributed by atoms with van der Waals surface area (Å²) in [5.41, 5.74) is 1.70. The van der Waals surface area contributed by atoms with Crippen molar-refractivity contribution in [2.24, 2.45) is 5.92 Å². The Morgan fingerprint density at radius 2 is 2.32 bits per heavy atom. The molecular formula is C15H21ClN2O. The van der Waals surface area contributed by atoms with Crippen molar-refractivity contribution in [3.63, 3.8) is 0 Å². The van der Waals surface area contributed by atoms with Crippen molar-refractivity contribution in [2.75, 3.05) is 26.7 Å². The number of hydrogen-bond donors (Lipinski definition) is 1. The zero-order valence-electron chi connectivity index (χ0n) is 11.6. The monoisotopic (exact) mass is 280 g/mol. The zero-order valence-corrected chi connectivity index (χ0v) is 12.3. The van der Waals surface area contributed by atoms with E-state index in [2.05, 4.69) is 5.32 Å². The lowest BCUT2D eigenvalue weighted by Gasteiger charge is -2.32. The average molecular weight is 281 g/mol. The predicted molar refractivity (Wildman–Crippen MR) is 78.7 cm³/mol. The normalized spacial score (nSPS) is 19.5. The first-order chi connectivity index (χ1) is 9.11. The van der Waals surface area contributed by atoms with E-state index in [0.29, 0.717) is 10.9 Å². The van der Waals surface area contributed by atoms with E-state index in [-0.39, 0.29) is 5.91 Å². The van der Waals surface area contributed by atoms with Crippen LogP contribution in [0.15, 0.2) is 18.2 Å². The van der Waals surface area contributed by atoms with E-state index in [0.717, 1.165) is 37.2 Å². The highest BCUT2D eigenvalue weighted by atomic mass is 35.5. The van der Waals surface area contributed by atoms with Crippen LogP contribution in [0.5, 0.6) is 0 Å². The van der Waals surface area contributed by atoms with Crippen molar-refractivity contribution in [1.29, 1.82) is 0 Å². The molecule has 1 fully saturated rings. The van der Waals surface area contributed by atoms with Gasteiger partial charge in [-0.3, -0.25) is 4.79 Å². The maximum atomic E-state index is 12.5. The standard InChI is InChI=1S/C15H21ClN2O/c1-11-8-13(5-6-14(11)16)15(19)18-7-3-4-12(10-18)9-17-2/h5-6,8,12,17H,3-4,7,9-10H2,1-2H3. The third-order valence-electron chi connectivity index (χ3n) is 3.70. The maximum Gasteiger partial charge on any atom is 0.253 e. The minimum Gasteiger partial charge on any atom is -0.338 e. The van der Waals surface area contributed by atoms with Gasteiger partial charge < -0.3 is 10.2 Å². The van der Waals surface area contributed by atoms with E-state index in [1.807, 2.05) is 31.0 Å². The van der Waals surface area contributed by atoms with Crippen molar-refractivity contribution in [3.8, 4) is 0 Å². The van der Waals surface area contributed by atoms with Crippen LogP contribution in [0.1, 0.15) is 28.8 Å². The molecule has 1 unspecified atom stereocenters. The smallest absolute Gasteiger partial charge is 0.253 e. The molecule has 1 amide bonds. The van der Waals surface area contributed by atoms with Gasteiger partial charge >= 0.3 is 0 Å². The largest absolute Gasteiger partial charge is 0.338 e. The molecule has 3 nitrogen and oxygen atoms in total. The number of amides is 1. The van der Waals surface area contributed by atoms with Crippen LogP contribution in [-0.2, 0) is 0 Å². The fourth-order valence-corrected chi connectivity index (χ4v) is 2.78. The molecule has 0 radical (unpaired) electrons. The summed E-state index contributed by atoms with van der Waals surface area (Å²) in [6.07, 6.45) is 2.29. The van der Waals surface area contributed by atoms with Gasteiger partial charge in [-0.2, -0.15) is 0 Å². The first-order valence-corrected chi connectivity index (χ1v) is 7.19. The molecule has 1 N–H and O–H groups in total. The Kier molecular flexibility index (Phi) is 4.83. The van der Waals surface area contributed by atoms with Crippen LogP contribution >= 0.6 is 11.6 Å². The fraction of sp³-hybridized carbons (Fsp3) is 0.533. The molecular weight excluding hydrogens is 260 g/mol. The van der Waals surface area contributed by atoms with E-state index in [4.69, 9.17) is 11.6 Å². The average Bonchev–Trinajstić information content (AvgIpc) is 2.42. The van der Waals surface area contributed by atoms with Gasteiger partial charge in [0.1, 0.15) is 0 Å². The number of benzene rings is 1. The molecule has 0 aromatic heterocycles. The molecule has 1 heterocycles. The topological polar surface area (TPSA) is 32.3 Å². The van der Waals surface area contributed by atoms with Crippen molar-refractivity contribution < 1.29 is 4.79 Å². The second-order valence-electron chi connectivity index (χ2n) is 5.28. The Morgan fingerprint density at radius 3 is 3.00 bits per heavy atom. The molecule has 1 aromatic rings. The molecule has 19 heavy (non-hydrogen) atoms. The van der Waals surface area contributed by atoms with Crippen LogP contribution in [0.2, 0.25) is 5.02 Å². The van der Waals surface area contributed by atoms with Crippen molar-refractivity contribution in [3.05, 3.63) is 34.3 Å². The molecule has 1 atom stereocenters. The van der Waals surface area contributed by atoms with E-state index < -0.39 is 0 Å². The fourth-order valence-electron chi connectivity index (χ4n) is 2.67. The lowest BCUT2D eigenvalue weighted by atomic mass is 9.97. The summed E-state index contributed by atoms with van der Waals surface area (Å²) in [6.45, 7) is 4.62. The van der Waals surface area contributed by atoms with E-state index >= 15 is 0 Å². The van der Waals surface area contributed by atoms with Crippen LogP contribution in [0.3, 0.4) is 0 Å². The number of hydrogen-bond acceptors (Lipinski definition) is 2. The Balaban J connectivity index is 2.08. The number of carbonyl (C=O) groups is 1. The van der Waals surface area contributed by atoms with Crippen molar-refractivity contribution in [2.45, 2.75) is 19.8 Å². The molecule has 1 aliphatic heterocycles. The lowest BCUT2D eigenvalue weighted by Crippen LogP contribution is -2.42. The van der Waals surface area contributed by atoms with E-state index in [1.165, 1.54) is 6.42 Å². The first kappa shape index (κ1) is 14.4. The number of carbonyl (C=O) groups excluding carboxylic acids is 1. The van der Waals surface area contributed by atoms with Crippen LogP contribution < -0.4 is 5.32 Å². The minimum absolute atomic E-state index is 0.126. The highest BCUT2D eigenvalue weighted by Gasteiger charge is 2.24. The predicted octanol–water partition coefficient (Wildman–Crippen LogP) is 2.72. The van der Waals surface area contributed by atoms with Gasteiger partial charge in [0, 0.05) is 23.7 Å². The second kappa shape index (κ2) is 6.40. The van der Waals surface area contributed by atoms with Crippen LogP contribution in [0, 0.1) is 12.8 Å². The number of nitrogens with zero attached hydrogens (tertiary/aromatic N) is 1. The summed E-state index contributed by atoms with van der Waals surface area (Å²) in [6, 6.07) is 5.50. The number of rotatable bonds is 3. The molecule has 2 rings (SSSR count). The third kappa shape index (κ3) is 3.48. The van der Waals surface area contributed by atoms with E-state index in [9.17, 15) is 4.79 Å². The molecule has 0 aliphatic carbocycles. The Morgan fingerprint density at radius 1 is 1.53 bits per heavy atom.